The van der Waals surface area contributed by atoms with E-state index in [2.05, 4.69) is 87.6 Å². The molecule has 1 atom stereocenters. The Kier molecular flexibility index (Phi) is 62.7. The molecule has 0 bridgehead atoms. The van der Waals surface area contributed by atoms with Gasteiger partial charge in [0.05, 0.1) is 0 Å². The Balaban J connectivity index is 4.17. The van der Waals surface area contributed by atoms with Crippen LogP contribution in [0.2, 0.25) is 0 Å². The van der Waals surface area contributed by atoms with Gasteiger partial charge in [0.1, 0.15) is 13.2 Å². The first-order chi connectivity index (χ1) is 38.0. The third kappa shape index (κ3) is 63.6. The molecule has 0 fully saturated rings. The number of ether oxygens (including phenoxy) is 3. The molecule has 0 heterocycles. The zero-order chi connectivity index (χ0) is 55.7. The van der Waals surface area contributed by atoms with Gasteiger partial charge in [-0.2, -0.15) is 0 Å². The van der Waals surface area contributed by atoms with Crippen LogP contribution >= 0.6 is 0 Å². The molecule has 0 aromatic carbocycles. The fourth-order valence-corrected chi connectivity index (χ4v) is 9.73. The lowest BCUT2D eigenvalue weighted by Gasteiger charge is -2.18. The van der Waals surface area contributed by atoms with Gasteiger partial charge in [-0.3, -0.25) is 14.4 Å². The predicted octanol–water partition coefficient (Wildman–Crippen LogP) is 22.9. The predicted molar refractivity (Wildman–Crippen MR) is 335 cm³/mol. The number of carbonyl (C=O) groups is 3. The van der Waals surface area contributed by atoms with Crippen molar-refractivity contribution in [3.8, 4) is 0 Å². The van der Waals surface area contributed by atoms with Crippen LogP contribution in [-0.2, 0) is 28.6 Å². The number of unbranched alkanes of at least 4 members (excludes halogenated alkanes) is 38. The standard InChI is InChI=1S/C71H126O6/c1-4-7-10-13-16-19-22-25-27-28-29-30-31-32-33-34-35-36-37-38-39-40-41-42-44-46-49-52-55-58-61-64-70(73)76-67-68(66-75-69(72)63-60-57-54-51-48-45-24-21-18-15-12-9-6-3)77-71(74)65-62-59-56-53-50-47-43-26-23-20-17-14-11-8-5-2/h9,12,17-18,20-21,26,43,45,48,54,57,68H,4-8,10-11,13-16,19,22-25,27-42,44,46-47,49-53,55-56,58-67H2,1-3H3/b12-9-,20-17-,21-18-,43-26-,48-45-,57-54-. The Morgan fingerprint density at radius 3 is 0.896 bits per heavy atom. The third-order valence-electron chi connectivity index (χ3n) is 14.7. The Morgan fingerprint density at radius 2 is 0.532 bits per heavy atom. The van der Waals surface area contributed by atoms with Crippen molar-refractivity contribution in [2.45, 2.75) is 348 Å². The first kappa shape index (κ1) is 73.8. The van der Waals surface area contributed by atoms with Gasteiger partial charge in [0.2, 0.25) is 0 Å². The largest absolute Gasteiger partial charge is 0.462 e. The van der Waals surface area contributed by atoms with Crippen molar-refractivity contribution >= 4 is 17.9 Å². The van der Waals surface area contributed by atoms with Crippen molar-refractivity contribution in [1.29, 1.82) is 0 Å². The number of esters is 3. The molecule has 0 saturated heterocycles. The second-order valence-electron chi connectivity index (χ2n) is 22.4. The Labute approximate surface area is 478 Å². The second kappa shape index (κ2) is 65.4. The van der Waals surface area contributed by atoms with Crippen molar-refractivity contribution < 1.29 is 28.6 Å². The summed E-state index contributed by atoms with van der Waals surface area (Å²) in [6, 6.07) is 0. The lowest BCUT2D eigenvalue weighted by atomic mass is 10.0. The van der Waals surface area contributed by atoms with Gasteiger partial charge in [-0.05, 0) is 77.0 Å². The van der Waals surface area contributed by atoms with Gasteiger partial charge in [-0.25, -0.2) is 0 Å². The molecule has 0 N–H and O–H groups in total. The van der Waals surface area contributed by atoms with E-state index in [-0.39, 0.29) is 37.5 Å². The Bertz CT molecular complexity index is 1420. The van der Waals surface area contributed by atoms with Crippen molar-refractivity contribution in [3.63, 3.8) is 0 Å². The molecular formula is C71H126O6. The summed E-state index contributed by atoms with van der Waals surface area (Å²) in [5.74, 6) is -0.987. The number of allylic oxidation sites excluding steroid dienone is 12. The van der Waals surface area contributed by atoms with Crippen LogP contribution in [0, 0.1) is 0 Å². The van der Waals surface area contributed by atoms with E-state index in [1.807, 2.05) is 6.08 Å². The molecule has 446 valence electrons. The summed E-state index contributed by atoms with van der Waals surface area (Å²) in [5.41, 5.74) is 0. The first-order valence-corrected chi connectivity index (χ1v) is 33.4. The smallest absolute Gasteiger partial charge is 0.306 e. The van der Waals surface area contributed by atoms with Crippen LogP contribution in [-0.4, -0.2) is 37.2 Å². The minimum atomic E-state index is -0.811. The molecule has 0 aliphatic rings. The topological polar surface area (TPSA) is 78.9 Å². The lowest BCUT2D eigenvalue weighted by Crippen LogP contribution is -2.30. The van der Waals surface area contributed by atoms with Gasteiger partial charge in [0.15, 0.2) is 6.10 Å². The Morgan fingerprint density at radius 1 is 0.273 bits per heavy atom. The highest BCUT2D eigenvalue weighted by atomic mass is 16.6. The Hall–Kier alpha value is -3.15. The summed E-state index contributed by atoms with van der Waals surface area (Å²) in [6.07, 6.45) is 85.3. The fraction of sp³-hybridized carbons (Fsp3) is 0.789. The fourth-order valence-electron chi connectivity index (χ4n) is 9.73. The van der Waals surface area contributed by atoms with Crippen molar-refractivity contribution in [3.05, 3.63) is 72.9 Å². The first-order valence-electron chi connectivity index (χ1n) is 33.4. The number of hydrogen-bond donors (Lipinski definition) is 0. The summed E-state index contributed by atoms with van der Waals surface area (Å²) in [6.45, 7) is 6.46. The van der Waals surface area contributed by atoms with Crippen LogP contribution in [0.3, 0.4) is 0 Å². The molecule has 0 aromatic heterocycles. The van der Waals surface area contributed by atoms with Gasteiger partial charge in [-0.1, -0.05) is 318 Å². The second-order valence-corrected chi connectivity index (χ2v) is 22.4. The number of hydrogen-bond acceptors (Lipinski definition) is 6. The highest BCUT2D eigenvalue weighted by Gasteiger charge is 2.19. The maximum atomic E-state index is 12.9. The van der Waals surface area contributed by atoms with Crippen LogP contribution in [0.4, 0.5) is 0 Å². The molecule has 0 saturated carbocycles. The van der Waals surface area contributed by atoms with E-state index < -0.39 is 6.10 Å². The zero-order valence-corrected chi connectivity index (χ0v) is 51.2. The van der Waals surface area contributed by atoms with E-state index in [1.165, 1.54) is 205 Å². The minimum Gasteiger partial charge on any atom is -0.462 e. The van der Waals surface area contributed by atoms with Crippen LogP contribution in [0.1, 0.15) is 342 Å². The molecule has 0 aliphatic heterocycles. The quantitative estimate of drug-likeness (QED) is 0.0261. The molecule has 0 aromatic rings. The average molecular weight is 1080 g/mol. The summed E-state index contributed by atoms with van der Waals surface area (Å²) in [4.78, 5) is 38.2. The van der Waals surface area contributed by atoms with Crippen molar-refractivity contribution in [2.24, 2.45) is 0 Å². The van der Waals surface area contributed by atoms with Crippen LogP contribution in [0.5, 0.6) is 0 Å². The molecule has 0 rings (SSSR count). The third-order valence-corrected chi connectivity index (χ3v) is 14.7. The van der Waals surface area contributed by atoms with E-state index >= 15 is 0 Å². The van der Waals surface area contributed by atoms with Gasteiger partial charge >= 0.3 is 17.9 Å². The molecule has 0 radical (unpaired) electrons. The van der Waals surface area contributed by atoms with E-state index in [0.717, 1.165) is 89.9 Å². The summed E-state index contributed by atoms with van der Waals surface area (Å²) in [7, 11) is 0. The van der Waals surface area contributed by atoms with Gasteiger partial charge in [0.25, 0.3) is 0 Å². The van der Waals surface area contributed by atoms with Crippen LogP contribution in [0.15, 0.2) is 72.9 Å². The molecule has 0 spiro atoms. The minimum absolute atomic E-state index is 0.101. The average Bonchev–Trinajstić information content (AvgIpc) is 3.43. The van der Waals surface area contributed by atoms with Crippen LogP contribution < -0.4 is 0 Å². The van der Waals surface area contributed by atoms with E-state index in [1.54, 1.807) is 0 Å². The molecule has 77 heavy (non-hydrogen) atoms. The summed E-state index contributed by atoms with van der Waals surface area (Å²) in [5, 5.41) is 0. The van der Waals surface area contributed by atoms with Crippen molar-refractivity contribution in [1.82, 2.24) is 0 Å². The molecule has 6 heteroatoms. The summed E-state index contributed by atoms with van der Waals surface area (Å²) >= 11 is 0. The molecular weight excluding hydrogens is 949 g/mol. The highest BCUT2D eigenvalue weighted by Crippen LogP contribution is 2.18. The van der Waals surface area contributed by atoms with E-state index in [0.29, 0.717) is 19.3 Å². The number of rotatable bonds is 61. The van der Waals surface area contributed by atoms with E-state index in [4.69, 9.17) is 14.2 Å². The maximum absolute atomic E-state index is 12.9. The maximum Gasteiger partial charge on any atom is 0.306 e. The molecule has 0 amide bonds. The highest BCUT2D eigenvalue weighted by molar-refractivity contribution is 5.71. The van der Waals surface area contributed by atoms with Gasteiger partial charge in [0, 0.05) is 19.3 Å². The van der Waals surface area contributed by atoms with Crippen molar-refractivity contribution in [2.75, 3.05) is 13.2 Å². The molecule has 1 unspecified atom stereocenters. The van der Waals surface area contributed by atoms with Crippen LogP contribution in [0.25, 0.3) is 0 Å². The van der Waals surface area contributed by atoms with Gasteiger partial charge < -0.3 is 14.2 Å². The monoisotopic (exact) mass is 1070 g/mol. The molecule has 6 nitrogen and oxygen atoms in total. The lowest BCUT2D eigenvalue weighted by molar-refractivity contribution is -0.166. The normalized spacial score (nSPS) is 12.5. The van der Waals surface area contributed by atoms with E-state index in [9.17, 15) is 14.4 Å². The molecule has 0 aliphatic carbocycles. The zero-order valence-electron chi connectivity index (χ0n) is 51.2. The number of carbonyl (C=O) groups excluding carboxylic acids is 3. The SMILES string of the molecule is CC/C=C\C/C=C\C/C=C\C/C=C\CCC(=O)OCC(COC(=O)CCCCCCCCCCCCCCCCCCCCCCCCCCCCCCCCC)OC(=O)CCCCCCC/C=C\C/C=C\CCCCC. The summed E-state index contributed by atoms with van der Waals surface area (Å²) < 4.78 is 16.8. The van der Waals surface area contributed by atoms with Gasteiger partial charge in [-0.15, -0.1) is 0 Å².